The number of nitrogens with one attached hydrogen (secondary N) is 1. The van der Waals surface area contributed by atoms with Crippen LogP contribution in [0.2, 0.25) is 0 Å². The van der Waals surface area contributed by atoms with Gasteiger partial charge in [-0.3, -0.25) is 0 Å². The Morgan fingerprint density at radius 2 is 1.91 bits per heavy atom. The number of aliphatic carboxylic acids is 1. The van der Waals surface area contributed by atoms with Crippen molar-refractivity contribution in [3.05, 3.63) is 35.4 Å². The largest absolute Gasteiger partial charge is 0.478 e. The first-order valence-corrected chi connectivity index (χ1v) is 7.56. The van der Waals surface area contributed by atoms with Gasteiger partial charge in [0.05, 0.1) is 10.5 Å². The number of carboxylic acids is 1. The molecular weight excluding hydrogens is 323 g/mol. The number of hydrogen-bond donors (Lipinski definition) is 2. The van der Waals surface area contributed by atoms with E-state index in [1.807, 2.05) is 0 Å². The lowest BCUT2D eigenvalue weighted by molar-refractivity contribution is -0.137. The number of benzene rings is 1. The van der Waals surface area contributed by atoms with Gasteiger partial charge >= 0.3 is 12.1 Å². The molecule has 0 radical (unpaired) electrons. The van der Waals surface area contributed by atoms with Crippen molar-refractivity contribution in [2.75, 3.05) is 0 Å². The van der Waals surface area contributed by atoms with E-state index in [4.69, 9.17) is 5.11 Å². The second kappa shape index (κ2) is 6.49. The van der Waals surface area contributed by atoms with Gasteiger partial charge in [-0.1, -0.05) is 6.07 Å². The van der Waals surface area contributed by atoms with Gasteiger partial charge < -0.3 is 5.11 Å². The molecule has 1 aromatic rings. The van der Waals surface area contributed by atoms with E-state index in [2.05, 4.69) is 4.72 Å². The molecule has 5 nitrogen and oxygen atoms in total. The van der Waals surface area contributed by atoms with Gasteiger partial charge in [-0.25, -0.2) is 17.9 Å². The molecule has 122 valence electrons. The number of alkyl halides is 3. The van der Waals surface area contributed by atoms with Gasteiger partial charge in [-0.15, -0.1) is 0 Å². The highest BCUT2D eigenvalue weighted by atomic mass is 32.2. The van der Waals surface area contributed by atoms with E-state index in [0.717, 1.165) is 12.1 Å². The first-order valence-electron chi connectivity index (χ1n) is 6.08. The molecule has 2 N–H and O–H groups in total. The summed E-state index contributed by atoms with van der Waals surface area (Å²) in [5.74, 6) is -1.35. The number of hydrogen-bond acceptors (Lipinski definition) is 3. The third-order valence-corrected chi connectivity index (χ3v) is 4.14. The van der Waals surface area contributed by atoms with Crippen LogP contribution in [0.4, 0.5) is 13.2 Å². The van der Waals surface area contributed by atoms with E-state index in [0.29, 0.717) is 18.2 Å². The number of carboxylic acid groups (broad SMARTS) is 1. The second-order valence-electron chi connectivity index (χ2n) is 4.70. The summed E-state index contributed by atoms with van der Waals surface area (Å²) in [6, 6.07) is 1.55. The molecule has 0 spiro atoms. The Labute approximate surface area is 125 Å². The summed E-state index contributed by atoms with van der Waals surface area (Å²) < 4.78 is 64.6. The van der Waals surface area contributed by atoms with Crippen LogP contribution in [0.15, 0.2) is 29.2 Å². The Morgan fingerprint density at radius 3 is 2.36 bits per heavy atom. The smallest absolute Gasteiger partial charge is 0.416 e. The van der Waals surface area contributed by atoms with E-state index in [1.54, 1.807) is 0 Å². The zero-order chi connectivity index (χ0) is 17.1. The van der Waals surface area contributed by atoms with Crippen LogP contribution in [0.3, 0.4) is 0 Å². The van der Waals surface area contributed by atoms with E-state index in [9.17, 15) is 26.4 Å². The van der Waals surface area contributed by atoms with Crippen LogP contribution in [0.25, 0.3) is 6.08 Å². The zero-order valence-electron chi connectivity index (χ0n) is 11.7. The van der Waals surface area contributed by atoms with Crippen molar-refractivity contribution in [2.24, 2.45) is 0 Å². The fourth-order valence-corrected chi connectivity index (χ4v) is 3.09. The first kappa shape index (κ1) is 18.2. The highest BCUT2D eigenvalue weighted by molar-refractivity contribution is 7.89. The van der Waals surface area contributed by atoms with E-state index in [1.165, 1.54) is 13.8 Å². The third-order valence-electron chi connectivity index (χ3n) is 2.43. The lowest BCUT2D eigenvalue weighted by Crippen LogP contribution is -2.31. The number of sulfonamides is 1. The predicted octanol–water partition coefficient (Wildman–Crippen LogP) is 2.49. The molecule has 9 heteroatoms. The van der Waals surface area contributed by atoms with Crippen molar-refractivity contribution in [2.45, 2.75) is 31.0 Å². The molecule has 0 heterocycles. The van der Waals surface area contributed by atoms with Crippen LogP contribution in [-0.4, -0.2) is 25.5 Å². The van der Waals surface area contributed by atoms with Crippen molar-refractivity contribution < 1.29 is 31.5 Å². The van der Waals surface area contributed by atoms with E-state index >= 15 is 0 Å². The highest BCUT2D eigenvalue weighted by Crippen LogP contribution is 2.32. The average molecular weight is 337 g/mol. The van der Waals surface area contributed by atoms with Gasteiger partial charge in [0.2, 0.25) is 10.0 Å². The van der Waals surface area contributed by atoms with E-state index < -0.39 is 38.7 Å². The Kier molecular flexibility index (Phi) is 5.36. The maximum absolute atomic E-state index is 12.7. The van der Waals surface area contributed by atoms with Crippen molar-refractivity contribution in [3.63, 3.8) is 0 Å². The summed E-state index contributed by atoms with van der Waals surface area (Å²) in [4.78, 5) is 9.87. The zero-order valence-corrected chi connectivity index (χ0v) is 12.5. The van der Waals surface area contributed by atoms with Crippen molar-refractivity contribution >= 4 is 22.1 Å². The summed E-state index contributed by atoms with van der Waals surface area (Å²) in [6.45, 7) is 3.02. The summed E-state index contributed by atoms with van der Waals surface area (Å²) in [5.41, 5.74) is -1.28. The van der Waals surface area contributed by atoms with Gasteiger partial charge in [0.25, 0.3) is 0 Å². The number of carbonyl (C=O) groups is 1. The van der Waals surface area contributed by atoms with Gasteiger partial charge in [0.15, 0.2) is 0 Å². The number of halogens is 3. The molecular formula is C13H14F3NO4S. The standard InChI is InChI=1S/C13H14F3NO4S/c1-8(2)17-22(20,21)11-7-10(13(14,15)16)5-3-9(11)4-6-12(18)19/h3-8,17H,1-2H3,(H,18,19)/b6-4+. The summed E-state index contributed by atoms with van der Waals surface area (Å²) in [5, 5.41) is 8.57. The minimum absolute atomic E-state index is 0.149. The molecule has 0 bridgehead atoms. The minimum atomic E-state index is -4.71. The van der Waals surface area contributed by atoms with Crippen molar-refractivity contribution in [1.82, 2.24) is 4.72 Å². The first-order chi connectivity index (χ1) is 9.93. The minimum Gasteiger partial charge on any atom is -0.478 e. The fourth-order valence-electron chi connectivity index (χ4n) is 1.62. The van der Waals surface area contributed by atoms with E-state index in [-0.39, 0.29) is 5.56 Å². The maximum atomic E-state index is 12.7. The third kappa shape index (κ3) is 4.85. The molecule has 0 atom stereocenters. The Morgan fingerprint density at radius 1 is 1.32 bits per heavy atom. The summed E-state index contributed by atoms with van der Waals surface area (Å²) in [6.07, 6.45) is -3.13. The second-order valence-corrected chi connectivity index (χ2v) is 6.38. The fraction of sp³-hybridized carbons (Fsp3) is 0.308. The summed E-state index contributed by atoms with van der Waals surface area (Å²) >= 11 is 0. The van der Waals surface area contributed by atoms with Crippen LogP contribution < -0.4 is 4.72 Å². The Balaban J connectivity index is 3.50. The normalized spacial score (nSPS) is 13.0. The SMILES string of the molecule is CC(C)NS(=O)(=O)c1cc(C(F)(F)F)ccc1/C=C/C(=O)O. The maximum Gasteiger partial charge on any atom is 0.416 e. The lowest BCUT2D eigenvalue weighted by atomic mass is 10.1. The molecule has 0 aliphatic heterocycles. The quantitative estimate of drug-likeness (QED) is 0.809. The molecule has 0 aromatic heterocycles. The summed E-state index contributed by atoms with van der Waals surface area (Å²) in [7, 11) is -4.22. The van der Waals surface area contributed by atoms with Crippen LogP contribution in [-0.2, 0) is 21.0 Å². The van der Waals surface area contributed by atoms with Crippen LogP contribution in [0.5, 0.6) is 0 Å². The van der Waals surface area contributed by atoms with Crippen LogP contribution in [0.1, 0.15) is 25.0 Å². The molecule has 0 aliphatic carbocycles. The van der Waals surface area contributed by atoms with Gasteiger partial charge in [-0.2, -0.15) is 13.2 Å². The highest BCUT2D eigenvalue weighted by Gasteiger charge is 2.32. The molecule has 1 aromatic carbocycles. The molecule has 0 amide bonds. The predicted molar refractivity (Wildman–Crippen MR) is 73.6 cm³/mol. The molecule has 0 saturated heterocycles. The molecule has 0 unspecified atom stereocenters. The Hall–Kier alpha value is -1.87. The Bertz CT molecular complexity index is 694. The molecule has 0 saturated carbocycles. The molecule has 1 rings (SSSR count). The number of rotatable bonds is 5. The van der Waals surface area contributed by atoms with Gasteiger partial charge in [-0.05, 0) is 37.6 Å². The molecule has 22 heavy (non-hydrogen) atoms. The monoisotopic (exact) mass is 337 g/mol. The van der Waals surface area contributed by atoms with Crippen molar-refractivity contribution in [3.8, 4) is 0 Å². The van der Waals surface area contributed by atoms with Crippen molar-refractivity contribution in [1.29, 1.82) is 0 Å². The van der Waals surface area contributed by atoms with Crippen LogP contribution >= 0.6 is 0 Å². The van der Waals surface area contributed by atoms with Gasteiger partial charge in [0, 0.05) is 12.1 Å². The van der Waals surface area contributed by atoms with Crippen LogP contribution in [0, 0.1) is 0 Å². The van der Waals surface area contributed by atoms with Gasteiger partial charge in [0.1, 0.15) is 0 Å². The lowest BCUT2D eigenvalue weighted by Gasteiger charge is -2.14. The average Bonchev–Trinajstić information content (AvgIpc) is 2.33. The molecule has 0 aliphatic rings. The topological polar surface area (TPSA) is 83.5 Å². The molecule has 0 fully saturated rings.